The van der Waals surface area contributed by atoms with Crippen molar-refractivity contribution in [2.24, 2.45) is 0 Å². The Balaban J connectivity index is 1.77. The summed E-state index contributed by atoms with van der Waals surface area (Å²) in [6, 6.07) is 16.5. The fourth-order valence-electron chi connectivity index (χ4n) is 2.61. The average Bonchev–Trinajstić information content (AvgIpc) is 2.61. The molecule has 0 N–H and O–H groups in total. The molecule has 1 aliphatic rings. The highest BCUT2D eigenvalue weighted by atomic mass is 32.2. The first-order chi connectivity index (χ1) is 11.2. The second-order valence-corrected chi connectivity index (χ2v) is 8.92. The van der Waals surface area contributed by atoms with E-state index in [-0.39, 0.29) is 4.08 Å². The van der Waals surface area contributed by atoms with Crippen LogP contribution in [0.3, 0.4) is 0 Å². The Labute approximate surface area is 147 Å². The van der Waals surface area contributed by atoms with E-state index in [2.05, 4.69) is 31.2 Å². The minimum Gasteiger partial charge on any atom is -0.493 e. The van der Waals surface area contributed by atoms with E-state index in [0.29, 0.717) is 6.61 Å². The van der Waals surface area contributed by atoms with E-state index >= 15 is 0 Å². The Morgan fingerprint density at radius 3 is 2.43 bits per heavy atom. The summed E-state index contributed by atoms with van der Waals surface area (Å²) in [4.78, 5) is 0. The molecule has 3 rings (SSSR count). The molecule has 23 heavy (non-hydrogen) atoms. The monoisotopic (exact) mass is 346 g/mol. The SMILES string of the molecule is COc1cc(C2(C)SCCCS2)ccc1OCc1ccccc1. The van der Waals surface area contributed by atoms with Crippen LogP contribution in [0.5, 0.6) is 11.5 Å². The van der Waals surface area contributed by atoms with Crippen LogP contribution >= 0.6 is 23.5 Å². The zero-order chi connectivity index (χ0) is 16.1. The van der Waals surface area contributed by atoms with Crippen molar-refractivity contribution >= 4 is 23.5 Å². The summed E-state index contributed by atoms with van der Waals surface area (Å²) < 4.78 is 11.6. The highest BCUT2D eigenvalue weighted by Gasteiger charge is 2.31. The number of benzene rings is 2. The lowest BCUT2D eigenvalue weighted by atomic mass is 10.1. The summed E-state index contributed by atoms with van der Waals surface area (Å²) in [6.45, 7) is 2.86. The summed E-state index contributed by atoms with van der Waals surface area (Å²) in [7, 11) is 1.71. The molecule has 1 heterocycles. The first-order valence-electron chi connectivity index (χ1n) is 7.84. The summed E-state index contributed by atoms with van der Waals surface area (Å²) >= 11 is 4.04. The molecular formula is C19H22O2S2. The molecule has 1 fully saturated rings. The van der Waals surface area contributed by atoms with E-state index in [1.165, 1.54) is 23.5 Å². The van der Waals surface area contributed by atoms with E-state index in [4.69, 9.17) is 9.47 Å². The highest BCUT2D eigenvalue weighted by Crippen LogP contribution is 2.51. The van der Waals surface area contributed by atoms with Crippen LogP contribution in [0.4, 0.5) is 0 Å². The van der Waals surface area contributed by atoms with Crippen LogP contribution in [0.2, 0.25) is 0 Å². The van der Waals surface area contributed by atoms with Gasteiger partial charge in [-0.25, -0.2) is 0 Å². The van der Waals surface area contributed by atoms with Gasteiger partial charge in [0.15, 0.2) is 11.5 Å². The van der Waals surface area contributed by atoms with Crippen LogP contribution in [0.1, 0.15) is 24.5 Å². The molecular weight excluding hydrogens is 324 g/mol. The second kappa shape index (κ2) is 7.54. The lowest BCUT2D eigenvalue weighted by Crippen LogP contribution is -2.18. The summed E-state index contributed by atoms with van der Waals surface area (Å²) in [5.74, 6) is 4.05. The zero-order valence-electron chi connectivity index (χ0n) is 13.6. The highest BCUT2D eigenvalue weighted by molar-refractivity contribution is 8.18. The number of ether oxygens (including phenoxy) is 2. The van der Waals surface area contributed by atoms with Gasteiger partial charge in [0.2, 0.25) is 0 Å². The molecule has 0 saturated carbocycles. The molecule has 0 bridgehead atoms. The third kappa shape index (κ3) is 3.99. The summed E-state index contributed by atoms with van der Waals surface area (Å²) in [5.41, 5.74) is 2.46. The Hall–Kier alpha value is -1.26. The lowest BCUT2D eigenvalue weighted by Gasteiger charge is -2.33. The van der Waals surface area contributed by atoms with Gasteiger partial charge in [0.25, 0.3) is 0 Å². The Kier molecular flexibility index (Phi) is 5.44. The minimum atomic E-state index is 0.115. The first-order valence-corrected chi connectivity index (χ1v) is 9.81. The molecule has 0 spiro atoms. The quantitative estimate of drug-likeness (QED) is 0.729. The third-order valence-electron chi connectivity index (χ3n) is 3.97. The molecule has 1 aliphatic heterocycles. The molecule has 2 aromatic carbocycles. The van der Waals surface area contributed by atoms with Crippen molar-refractivity contribution in [3.05, 3.63) is 59.7 Å². The molecule has 0 atom stereocenters. The fourth-order valence-corrected chi connectivity index (χ4v) is 5.57. The van der Waals surface area contributed by atoms with Crippen LogP contribution in [0, 0.1) is 0 Å². The predicted molar refractivity (Wildman–Crippen MR) is 101 cm³/mol. The van der Waals surface area contributed by atoms with Gasteiger partial charge in [0.1, 0.15) is 6.61 Å². The maximum atomic E-state index is 5.95. The molecule has 2 nitrogen and oxygen atoms in total. The average molecular weight is 347 g/mol. The van der Waals surface area contributed by atoms with Gasteiger partial charge >= 0.3 is 0 Å². The van der Waals surface area contributed by atoms with Gasteiger partial charge in [0.05, 0.1) is 11.2 Å². The van der Waals surface area contributed by atoms with Crippen LogP contribution in [0.15, 0.2) is 48.5 Å². The Morgan fingerprint density at radius 2 is 1.74 bits per heavy atom. The standard InChI is InChI=1S/C19H22O2S2/c1-19(22-11-6-12-23-19)16-9-10-17(18(13-16)20-2)21-14-15-7-4-3-5-8-15/h3-5,7-10,13H,6,11-12,14H2,1-2H3. The van der Waals surface area contributed by atoms with E-state index in [0.717, 1.165) is 17.1 Å². The number of rotatable bonds is 5. The molecule has 0 radical (unpaired) electrons. The van der Waals surface area contributed by atoms with E-state index < -0.39 is 0 Å². The third-order valence-corrected chi connectivity index (χ3v) is 7.23. The van der Waals surface area contributed by atoms with E-state index in [1.54, 1.807) is 7.11 Å². The van der Waals surface area contributed by atoms with Crippen molar-refractivity contribution in [3.8, 4) is 11.5 Å². The van der Waals surface area contributed by atoms with Gasteiger partial charge in [-0.3, -0.25) is 0 Å². The lowest BCUT2D eigenvalue weighted by molar-refractivity contribution is 0.284. The Morgan fingerprint density at radius 1 is 1.00 bits per heavy atom. The zero-order valence-corrected chi connectivity index (χ0v) is 15.2. The topological polar surface area (TPSA) is 18.5 Å². The van der Waals surface area contributed by atoms with Crippen molar-refractivity contribution in [1.82, 2.24) is 0 Å². The molecule has 4 heteroatoms. The van der Waals surface area contributed by atoms with Crippen molar-refractivity contribution in [2.45, 2.75) is 24.0 Å². The maximum absolute atomic E-state index is 5.95. The molecule has 1 saturated heterocycles. The summed E-state index contributed by atoms with van der Waals surface area (Å²) in [6.07, 6.45) is 1.29. The van der Waals surface area contributed by atoms with Gasteiger partial charge in [-0.05, 0) is 48.1 Å². The molecule has 122 valence electrons. The second-order valence-electron chi connectivity index (χ2n) is 5.64. The number of thioether (sulfide) groups is 2. The van der Waals surface area contributed by atoms with Crippen LogP contribution < -0.4 is 9.47 Å². The number of methoxy groups -OCH3 is 1. The van der Waals surface area contributed by atoms with Crippen molar-refractivity contribution < 1.29 is 9.47 Å². The maximum Gasteiger partial charge on any atom is 0.161 e. The smallest absolute Gasteiger partial charge is 0.161 e. The number of hydrogen-bond acceptors (Lipinski definition) is 4. The Bertz CT molecular complexity index is 637. The van der Waals surface area contributed by atoms with Crippen LogP contribution in [0.25, 0.3) is 0 Å². The van der Waals surface area contributed by atoms with Gasteiger partial charge < -0.3 is 9.47 Å². The fraction of sp³-hybridized carbons (Fsp3) is 0.368. The van der Waals surface area contributed by atoms with Crippen molar-refractivity contribution in [2.75, 3.05) is 18.6 Å². The number of hydrogen-bond donors (Lipinski definition) is 0. The van der Waals surface area contributed by atoms with Gasteiger partial charge in [-0.2, -0.15) is 0 Å². The molecule has 0 unspecified atom stereocenters. The van der Waals surface area contributed by atoms with Crippen molar-refractivity contribution in [3.63, 3.8) is 0 Å². The van der Waals surface area contributed by atoms with Crippen LogP contribution in [-0.2, 0) is 10.7 Å². The van der Waals surface area contributed by atoms with Gasteiger partial charge in [0, 0.05) is 0 Å². The van der Waals surface area contributed by atoms with Crippen LogP contribution in [-0.4, -0.2) is 18.6 Å². The minimum absolute atomic E-state index is 0.115. The molecule has 0 aromatic heterocycles. The van der Waals surface area contributed by atoms with Crippen molar-refractivity contribution in [1.29, 1.82) is 0 Å². The summed E-state index contributed by atoms with van der Waals surface area (Å²) in [5, 5.41) is 0. The van der Waals surface area contributed by atoms with Gasteiger partial charge in [-0.15, -0.1) is 23.5 Å². The largest absolute Gasteiger partial charge is 0.493 e. The predicted octanol–water partition coefficient (Wildman–Crippen LogP) is 5.32. The molecule has 2 aromatic rings. The molecule has 0 aliphatic carbocycles. The normalized spacial score (nSPS) is 16.8. The van der Waals surface area contributed by atoms with E-state index in [1.807, 2.05) is 47.8 Å². The first kappa shape index (κ1) is 16.6. The molecule has 0 amide bonds. The van der Waals surface area contributed by atoms with Gasteiger partial charge in [-0.1, -0.05) is 36.4 Å². The van der Waals surface area contributed by atoms with E-state index in [9.17, 15) is 0 Å².